The van der Waals surface area contributed by atoms with Crippen LogP contribution < -0.4 is 5.32 Å². The Hall–Kier alpha value is -2.14. The number of carbonyl (C=O) groups excluding carboxylic acids is 1. The lowest BCUT2D eigenvalue weighted by atomic mass is 9.92. The van der Waals surface area contributed by atoms with Crippen LogP contribution in [0.3, 0.4) is 0 Å². The second kappa shape index (κ2) is 7.42. The van der Waals surface area contributed by atoms with Crippen LogP contribution in [0.15, 0.2) is 40.9 Å². The molecule has 2 N–H and O–H groups in total. The molecule has 1 heterocycles. The molecule has 2 rings (SSSR count). The molecule has 0 spiro atoms. The summed E-state index contributed by atoms with van der Waals surface area (Å²) >= 11 is 0. The molecule has 1 amide bonds. The molecule has 2 aromatic rings. The van der Waals surface area contributed by atoms with Gasteiger partial charge in [0, 0.05) is 24.9 Å². The monoisotopic (exact) mass is 316 g/mol. The number of oxazole rings is 1. The van der Waals surface area contributed by atoms with Crippen molar-refractivity contribution < 1.29 is 14.3 Å². The molecule has 0 saturated heterocycles. The van der Waals surface area contributed by atoms with Gasteiger partial charge in [-0.15, -0.1) is 0 Å². The Bertz CT molecular complexity index is 633. The molecule has 0 aliphatic carbocycles. The number of amides is 1. The van der Waals surface area contributed by atoms with Crippen LogP contribution in [0.1, 0.15) is 33.1 Å². The van der Waals surface area contributed by atoms with Crippen LogP contribution in [0.2, 0.25) is 0 Å². The number of aliphatic hydroxyl groups is 1. The van der Waals surface area contributed by atoms with E-state index in [1.807, 2.05) is 44.2 Å². The number of rotatable bonds is 7. The number of nitrogens with one attached hydrogen (secondary N) is 1. The first kappa shape index (κ1) is 17.2. The summed E-state index contributed by atoms with van der Waals surface area (Å²) in [5.74, 6) is 1.19. The summed E-state index contributed by atoms with van der Waals surface area (Å²) in [5, 5.41) is 12.9. The van der Waals surface area contributed by atoms with Gasteiger partial charge in [-0.2, -0.15) is 0 Å². The normalized spacial score (nSPS) is 13.8. The summed E-state index contributed by atoms with van der Waals surface area (Å²) in [4.78, 5) is 16.1. The fourth-order valence-corrected chi connectivity index (χ4v) is 1.95. The number of aromatic nitrogens is 1. The van der Waals surface area contributed by atoms with Gasteiger partial charge in [-0.05, 0) is 12.8 Å². The topological polar surface area (TPSA) is 75.4 Å². The number of benzene rings is 1. The molecule has 0 saturated carbocycles. The average molecular weight is 316 g/mol. The van der Waals surface area contributed by atoms with Gasteiger partial charge in [0.15, 0.2) is 11.7 Å². The summed E-state index contributed by atoms with van der Waals surface area (Å²) < 4.78 is 5.66. The van der Waals surface area contributed by atoms with Crippen molar-refractivity contribution in [2.45, 2.75) is 39.2 Å². The maximum atomic E-state index is 11.9. The van der Waals surface area contributed by atoms with Gasteiger partial charge in [-0.25, -0.2) is 4.98 Å². The quantitative estimate of drug-likeness (QED) is 0.823. The molecule has 0 bridgehead atoms. The van der Waals surface area contributed by atoms with E-state index in [0.717, 1.165) is 5.56 Å². The predicted octanol–water partition coefficient (Wildman–Crippen LogP) is 2.80. The van der Waals surface area contributed by atoms with E-state index in [9.17, 15) is 9.90 Å². The molecule has 1 aromatic carbocycles. The van der Waals surface area contributed by atoms with Crippen molar-refractivity contribution in [2.24, 2.45) is 5.92 Å². The SMILES string of the molecule is CC(C)C(C)(O)CNC(=O)CCc1ncc(-c2ccccc2)o1. The van der Waals surface area contributed by atoms with Gasteiger partial charge >= 0.3 is 0 Å². The van der Waals surface area contributed by atoms with Crippen molar-refractivity contribution in [2.75, 3.05) is 6.54 Å². The first-order valence-corrected chi connectivity index (χ1v) is 7.87. The smallest absolute Gasteiger partial charge is 0.220 e. The molecule has 1 aromatic heterocycles. The molecule has 124 valence electrons. The minimum absolute atomic E-state index is 0.0722. The van der Waals surface area contributed by atoms with E-state index in [0.29, 0.717) is 18.1 Å². The highest BCUT2D eigenvalue weighted by Crippen LogP contribution is 2.20. The lowest BCUT2D eigenvalue weighted by Gasteiger charge is -2.27. The van der Waals surface area contributed by atoms with Crippen LogP contribution >= 0.6 is 0 Å². The number of carbonyl (C=O) groups is 1. The third-order valence-corrected chi connectivity index (χ3v) is 4.07. The minimum Gasteiger partial charge on any atom is -0.441 e. The Kier molecular flexibility index (Phi) is 5.55. The molecule has 5 nitrogen and oxygen atoms in total. The fourth-order valence-electron chi connectivity index (χ4n) is 1.95. The largest absolute Gasteiger partial charge is 0.441 e. The lowest BCUT2D eigenvalue weighted by Crippen LogP contribution is -2.44. The third kappa shape index (κ3) is 4.93. The van der Waals surface area contributed by atoms with Crippen molar-refractivity contribution in [1.82, 2.24) is 10.3 Å². The van der Waals surface area contributed by atoms with Gasteiger partial charge in [-0.1, -0.05) is 44.2 Å². The predicted molar refractivity (Wildman–Crippen MR) is 88.7 cm³/mol. The molecular formula is C18H24N2O3. The van der Waals surface area contributed by atoms with Crippen LogP contribution in [0, 0.1) is 5.92 Å². The zero-order valence-corrected chi connectivity index (χ0v) is 13.9. The van der Waals surface area contributed by atoms with E-state index in [1.165, 1.54) is 0 Å². The second-order valence-electron chi connectivity index (χ2n) is 6.27. The first-order valence-electron chi connectivity index (χ1n) is 7.87. The Morgan fingerprint density at radius 1 is 1.35 bits per heavy atom. The summed E-state index contributed by atoms with van der Waals surface area (Å²) in [6, 6.07) is 9.71. The Balaban J connectivity index is 1.82. The van der Waals surface area contributed by atoms with Gasteiger partial charge in [-0.3, -0.25) is 4.79 Å². The van der Waals surface area contributed by atoms with E-state index in [1.54, 1.807) is 13.1 Å². The number of hydrogen-bond acceptors (Lipinski definition) is 4. The van der Waals surface area contributed by atoms with Crippen molar-refractivity contribution in [1.29, 1.82) is 0 Å². The van der Waals surface area contributed by atoms with Crippen LogP contribution in [0.4, 0.5) is 0 Å². The van der Waals surface area contributed by atoms with Crippen molar-refractivity contribution in [3.8, 4) is 11.3 Å². The Labute approximate surface area is 136 Å². The molecule has 0 aliphatic heterocycles. The third-order valence-electron chi connectivity index (χ3n) is 4.07. The maximum absolute atomic E-state index is 11.9. The number of aryl methyl sites for hydroxylation is 1. The fraction of sp³-hybridized carbons (Fsp3) is 0.444. The van der Waals surface area contributed by atoms with Crippen molar-refractivity contribution >= 4 is 5.91 Å². The minimum atomic E-state index is -0.904. The van der Waals surface area contributed by atoms with E-state index >= 15 is 0 Å². The molecule has 0 fully saturated rings. The van der Waals surface area contributed by atoms with Gasteiger partial charge in [0.1, 0.15) is 0 Å². The Morgan fingerprint density at radius 3 is 2.70 bits per heavy atom. The molecule has 1 unspecified atom stereocenters. The van der Waals surface area contributed by atoms with E-state index in [-0.39, 0.29) is 24.8 Å². The van der Waals surface area contributed by atoms with E-state index < -0.39 is 5.60 Å². The number of nitrogens with zero attached hydrogens (tertiary/aromatic N) is 1. The average Bonchev–Trinajstić information content (AvgIpc) is 3.01. The zero-order chi connectivity index (χ0) is 16.9. The van der Waals surface area contributed by atoms with E-state index in [2.05, 4.69) is 10.3 Å². The number of hydrogen-bond donors (Lipinski definition) is 2. The summed E-state index contributed by atoms with van der Waals surface area (Å²) in [5.41, 5.74) is 0.0580. The summed E-state index contributed by atoms with van der Waals surface area (Å²) in [7, 11) is 0. The molecular weight excluding hydrogens is 292 g/mol. The highest BCUT2D eigenvalue weighted by molar-refractivity contribution is 5.76. The molecule has 23 heavy (non-hydrogen) atoms. The maximum Gasteiger partial charge on any atom is 0.220 e. The lowest BCUT2D eigenvalue weighted by molar-refractivity contribution is -0.122. The van der Waals surface area contributed by atoms with Crippen molar-refractivity contribution in [3.63, 3.8) is 0 Å². The van der Waals surface area contributed by atoms with Crippen LogP contribution in [-0.2, 0) is 11.2 Å². The highest BCUT2D eigenvalue weighted by atomic mass is 16.4. The van der Waals surface area contributed by atoms with E-state index in [4.69, 9.17) is 4.42 Å². The van der Waals surface area contributed by atoms with Crippen molar-refractivity contribution in [3.05, 3.63) is 42.4 Å². The Morgan fingerprint density at radius 2 is 2.04 bits per heavy atom. The molecule has 1 atom stereocenters. The molecule has 0 radical (unpaired) electrons. The zero-order valence-electron chi connectivity index (χ0n) is 13.9. The van der Waals surface area contributed by atoms with Crippen LogP contribution in [0.5, 0.6) is 0 Å². The van der Waals surface area contributed by atoms with Crippen LogP contribution in [0.25, 0.3) is 11.3 Å². The standard InChI is InChI=1S/C18H24N2O3/c1-13(2)18(3,22)12-20-16(21)9-10-17-19-11-15(23-17)14-7-5-4-6-8-14/h4-8,11,13,22H,9-10,12H2,1-3H3,(H,20,21). The van der Waals surface area contributed by atoms with Gasteiger partial charge in [0.25, 0.3) is 0 Å². The second-order valence-corrected chi connectivity index (χ2v) is 6.27. The summed E-state index contributed by atoms with van der Waals surface area (Å²) in [6.45, 7) is 5.80. The van der Waals surface area contributed by atoms with Gasteiger partial charge in [0.2, 0.25) is 5.91 Å². The van der Waals surface area contributed by atoms with Gasteiger partial charge in [0.05, 0.1) is 11.8 Å². The summed E-state index contributed by atoms with van der Waals surface area (Å²) in [6.07, 6.45) is 2.39. The van der Waals surface area contributed by atoms with Crippen LogP contribution in [-0.4, -0.2) is 28.1 Å². The molecule has 5 heteroatoms. The first-order chi connectivity index (χ1) is 10.9. The van der Waals surface area contributed by atoms with Gasteiger partial charge < -0.3 is 14.8 Å². The highest BCUT2D eigenvalue weighted by Gasteiger charge is 2.25. The molecule has 0 aliphatic rings.